The number of aryl methyl sites for hydroxylation is 2. The molecule has 0 saturated carbocycles. The number of carbonyl (C=O) groups is 1. The zero-order valence-corrected chi connectivity index (χ0v) is 16.0. The smallest absolute Gasteiger partial charge is 0.257 e. The Morgan fingerprint density at radius 3 is 2.61 bits per heavy atom. The molecular weight excluding hydrogens is 423 g/mol. The van der Waals surface area contributed by atoms with E-state index in [1.165, 1.54) is 3.57 Å². The van der Waals surface area contributed by atoms with Gasteiger partial charge in [-0.1, -0.05) is 6.07 Å². The van der Waals surface area contributed by atoms with Gasteiger partial charge in [0.2, 0.25) is 0 Å². The number of amides is 1. The number of benzene rings is 2. The molecule has 4 nitrogen and oxygen atoms in total. The molecule has 0 radical (unpaired) electrons. The van der Waals surface area contributed by atoms with Gasteiger partial charge >= 0.3 is 0 Å². The standard InChI is InChI=1S/C17H17IN2O2S/c1-10-8-15(11(2)7-14(10)18)19-17(23)20-16(21)12-5-4-6-13(9-12)22-3/h4-9H,1-3H3,(H2,19,20,21,23). The quantitative estimate of drug-likeness (QED) is 0.559. The van der Waals surface area contributed by atoms with Crippen LogP contribution in [0.15, 0.2) is 36.4 Å². The van der Waals surface area contributed by atoms with E-state index < -0.39 is 0 Å². The van der Waals surface area contributed by atoms with Crippen LogP contribution in [0.25, 0.3) is 0 Å². The van der Waals surface area contributed by atoms with E-state index in [-0.39, 0.29) is 11.0 Å². The summed E-state index contributed by atoms with van der Waals surface area (Å²) in [5.41, 5.74) is 3.60. The van der Waals surface area contributed by atoms with Crippen molar-refractivity contribution < 1.29 is 9.53 Å². The van der Waals surface area contributed by atoms with Crippen molar-refractivity contribution >= 4 is 51.5 Å². The van der Waals surface area contributed by atoms with Crippen LogP contribution in [-0.2, 0) is 0 Å². The third kappa shape index (κ3) is 4.65. The van der Waals surface area contributed by atoms with E-state index in [4.69, 9.17) is 17.0 Å². The topological polar surface area (TPSA) is 50.4 Å². The fourth-order valence-electron chi connectivity index (χ4n) is 2.01. The minimum absolute atomic E-state index is 0.265. The SMILES string of the molecule is COc1cccc(C(=O)NC(=S)Nc2cc(C)c(I)cc2C)c1. The van der Waals surface area contributed by atoms with Crippen LogP contribution in [0.1, 0.15) is 21.5 Å². The number of hydrogen-bond acceptors (Lipinski definition) is 3. The van der Waals surface area contributed by atoms with Gasteiger partial charge in [0.1, 0.15) is 5.75 Å². The molecule has 0 aromatic heterocycles. The number of carbonyl (C=O) groups excluding carboxylic acids is 1. The van der Waals surface area contributed by atoms with Gasteiger partial charge in [-0.25, -0.2) is 0 Å². The van der Waals surface area contributed by atoms with E-state index >= 15 is 0 Å². The molecule has 0 fully saturated rings. The highest BCUT2D eigenvalue weighted by molar-refractivity contribution is 14.1. The Kier molecular flexibility index (Phi) is 5.95. The molecule has 0 bridgehead atoms. The van der Waals surface area contributed by atoms with E-state index in [0.29, 0.717) is 11.3 Å². The minimum atomic E-state index is -0.277. The average molecular weight is 440 g/mol. The number of thiocarbonyl (C=S) groups is 1. The molecule has 120 valence electrons. The predicted octanol–water partition coefficient (Wildman–Crippen LogP) is 4.04. The monoisotopic (exact) mass is 440 g/mol. The Bertz CT molecular complexity index is 762. The third-order valence-corrected chi connectivity index (χ3v) is 4.68. The van der Waals surface area contributed by atoms with Crippen molar-refractivity contribution in [2.24, 2.45) is 0 Å². The Morgan fingerprint density at radius 2 is 1.91 bits per heavy atom. The van der Waals surface area contributed by atoms with Crippen LogP contribution in [0.4, 0.5) is 5.69 Å². The largest absolute Gasteiger partial charge is 0.497 e. The summed E-state index contributed by atoms with van der Waals surface area (Å²) in [5, 5.41) is 6.02. The summed E-state index contributed by atoms with van der Waals surface area (Å²) in [7, 11) is 1.56. The van der Waals surface area contributed by atoms with Gasteiger partial charge in [0.25, 0.3) is 5.91 Å². The molecule has 1 amide bonds. The fraction of sp³-hybridized carbons (Fsp3) is 0.176. The third-order valence-electron chi connectivity index (χ3n) is 3.31. The van der Waals surface area contributed by atoms with Crippen LogP contribution in [0, 0.1) is 17.4 Å². The van der Waals surface area contributed by atoms with Gasteiger partial charge in [0.15, 0.2) is 5.11 Å². The van der Waals surface area contributed by atoms with Crippen LogP contribution in [-0.4, -0.2) is 18.1 Å². The molecule has 0 aliphatic rings. The van der Waals surface area contributed by atoms with E-state index in [1.54, 1.807) is 31.4 Å². The maximum absolute atomic E-state index is 12.2. The predicted molar refractivity (Wildman–Crippen MR) is 105 cm³/mol. The molecule has 2 aromatic carbocycles. The molecule has 2 rings (SSSR count). The summed E-state index contributed by atoms with van der Waals surface area (Å²) in [6.07, 6.45) is 0. The highest BCUT2D eigenvalue weighted by Crippen LogP contribution is 2.21. The first-order valence-electron chi connectivity index (χ1n) is 6.94. The van der Waals surface area contributed by atoms with Crippen molar-refractivity contribution in [3.8, 4) is 5.75 Å². The molecule has 23 heavy (non-hydrogen) atoms. The number of ether oxygens (including phenoxy) is 1. The van der Waals surface area contributed by atoms with Crippen molar-refractivity contribution in [2.75, 3.05) is 12.4 Å². The second-order valence-corrected chi connectivity index (χ2v) is 6.63. The molecule has 0 heterocycles. The van der Waals surface area contributed by atoms with Gasteiger partial charge in [-0.2, -0.15) is 0 Å². The Balaban J connectivity index is 2.07. The number of hydrogen-bond donors (Lipinski definition) is 2. The van der Waals surface area contributed by atoms with Crippen molar-refractivity contribution in [3.05, 3.63) is 56.7 Å². The van der Waals surface area contributed by atoms with Gasteiger partial charge < -0.3 is 10.1 Å². The van der Waals surface area contributed by atoms with Crippen LogP contribution in [0.5, 0.6) is 5.75 Å². The first-order chi connectivity index (χ1) is 10.9. The molecular formula is C17H17IN2O2S. The number of methoxy groups -OCH3 is 1. The zero-order valence-electron chi connectivity index (χ0n) is 13.1. The summed E-state index contributed by atoms with van der Waals surface area (Å²) in [4.78, 5) is 12.2. The van der Waals surface area contributed by atoms with Crippen molar-refractivity contribution in [1.82, 2.24) is 5.32 Å². The molecule has 2 N–H and O–H groups in total. The fourth-order valence-corrected chi connectivity index (χ4v) is 2.83. The number of rotatable bonds is 3. The van der Waals surface area contributed by atoms with Crippen LogP contribution in [0.3, 0.4) is 0 Å². The van der Waals surface area contributed by atoms with E-state index in [0.717, 1.165) is 16.8 Å². The molecule has 6 heteroatoms. The lowest BCUT2D eigenvalue weighted by molar-refractivity contribution is 0.0977. The Labute approximate surface area is 154 Å². The van der Waals surface area contributed by atoms with Gasteiger partial charge in [-0.3, -0.25) is 10.1 Å². The van der Waals surface area contributed by atoms with E-state index in [2.05, 4.69) is 39.3 Å². The minimum Gasteiger partial charge on any atom is -0.497 e. The summed E-state index contributed by atoms with van der Waals surface area (Å²) < 4.78 is 6.31. The summed E-state index contributed by atoms with van der Waals surface area (Å²) in [6.45, 7) is 4.03. The van der Waals surface area contributed by atoms with Gasteiger partial charge in [0.05, 0.1) is 7.11 Å². The van der Waals surface area contributed by atoms with Crippen LogP contribution in [0.2, 0.25) is 0 Å². The maximum Gasteiger partial charge on any atom is 0.257 e. The lowest BCUT2D eigenvalue weighted by Crippen LogP contribution is -2.34. The summed E-state index contributed by atoms with van der Waals surface area (Å²) in [5.74, 6) is 0.349. The lowest BCUT2D eigenvalue weighted by Gasteiger charge is -2.13. The lowest BCUT2D eigenvalue weighted by atomic mass is 10.1. The second kappa shape index (κ2) is 7.74. The molecule has 2 aromatic rings. The molecule has 0 spiro atoms. The molecule has 0 aliphatic heterocycles. The first-order valence-corrected chi connectivity index (χ1v) is 8.42. The van der Waals surface area contributed by atoms with Gasteiger partial charge in [-0.15, -0.1) is 0 Å². The molecule has 0 saturated heterocycles. The summed E-state index contributed by atoms with van der Waals surface area (Å²) >= 11 is 7.53. The van der Waals surface area contributed by atoms with E-state index in [1.807, 2.05) is 19.9 Å². The van der Waals surface area contributed by atoms with Crippen LogP contribution < -0.4 is 15.4 Å². The normalized spacial score (nSPS) is 10.1. The van der Waals surface area contributed by atoms with Crippen LogP contribution >= 0.6 is 34.8 Å². The zero-order chi connectivity index (χ0) is 17.0. The number of halogens is 1. The van der Waals surface area contributed by atoms with Gasteiger partial charge in [0, 0.05) is 14.8 Å². The summed E-state index contributed by atoms with van der Waals surface area (Å²) in [6, 6.07) is 11.0. The molecule has 0 atom stereocenters. The maximum atomic E-state index is 12.2. The number of nitrogens with one attached hydrogen (secondary N) is 2. The van der Waals surface area contributed by atoms with Crippen molar-refractivity contribution in [3.63, 3.8) is 0 Å². The molecule has 0 aliphatic carbocycles. The second-order valence-electron chi connectivity index (χ2n) is 5.06. The van der Waals surface area contributed by atoms with Crippen molar-refractivity contribution in [1.29, 1.82) is 0 Å². The highest BCUT2D eigenvalue weighted by atomic mass is 127. The average Bonchev–Trinajstić information content (AvgIpc) is 2.52. The highest BCUT2D eigenvalue weighted by Gasteiger charge is 2.10. The first kappa shape index (κ1) is 17.7. The van der Waals surface area contributed by atoms with Gasteiger partial charge in [-0.05, 0) is 90.1 Å². The van der Waals surface area contributed by atoms with Crippen molar-refractivity contribution in [2.45, 2.75) is 13.8 Å². The number of anilines is 1. The Hall–Kier alpha value is -1.67. The Morgan fingerprint density at radius 1 is 1.17 bits per heavy atom. The van der Waals surface area contributed by atoms with E-state index in [9.17, 15) is 4.79 Å². The molecule has 0 unspecified atom stereocenters.